The molecule has 0 aromatic rings. The van der Waals surface area contributed by atoms with Gasteiger partial charge in [0.25, 0.3) is 0 Å². The van der Waals surface area contributed by atoms with E-state index in [4.69, 9.17) is 27.4 Å². The smallest absolute Gasteiger partial charge is 0.104 e. The zero-order valence-corrected chi connectivity index (χ0v) is 9.02. The molecule has 0 aromatic carbocycles. The molecule has 1 rings (SSSR count). The molecule has 2 N–H and O–H groups in total. The van der Waals surface area contributed by atoms with E-state index >= 15 is 0 Å². The van der Waals surface area contributed by atoms with Gasteiger partial charge >= 0.3 is 0 Å². The van der Waals surface area contributed by atoms with Gasteiger partial charge in [-0.15, -0.1) is 0 Å². The molecule has 0 amide bonds. The van der Waals surface area contributed by atoms with Gasteiger partial charge in [-0.3, -0.25) is 0 Å². The third-order valence-electron chi connectivity index (χ3n) is 2.36. The lowest BCUT2D eigenvalue weighted by Crippen LogP contribution is -2.38. The molecule has 1 heterocycles. The first kappa shape index (κ1) is 10.9. The van der Waals surface area contributed by atoms with Crippen molar-refractivity contribution in [2.75, 3.05) is 19.8 Å². The fraction of sp³-hybridized carbons (Fsp3) is 0.889. The van der Waals surface area contributed by atoms with Gasteiger partial charge in [0, 0.05) is 12.0 Å². The van der Waals surface area contributed by atoms with Crippen molar-refractivity contribution in [2.45, 2.75) is 26.4 Å². The molecule has 0 bridgehead atoms. The second-order valence-electron chi connectivity index (χ2n) is 4.03. The fourth-order valence-corrected chi connectivity index (χ4v) is 1.02. The molecular weight excluding hydrogens is 186 g/mol. The van der Waals surface area contributed by atoms with Crippen molar-refractivity contribution >= 4 is 17.2 Å². The highest BCUT2D eigenvalue weighted by molar-refractivity contribution is 7.80. The van der Waals surface area contributed by atoms with Crippen LogP contribution >= 0.6 is 12.2 Å². The van der Waals surface area contributed by atoms with E-state index in [1.54, 1.807) is 0 Å². The summed E-state index contributed by atoms with van der Waals surface area (Å²) in [5.74, 6) is 0. The minimum absolute atomic E-state index is 0.0973. The van der Waals surface area contributed by atoms with Crippen LogP contribution in [0.15, 0.2) is 0 Å². The molecule has 1 fully saturated rings. The molecule has 1 aliphatic rings. The standard InChI is InChI=1S/C9H17NO2S/c1-9(2,8(10)13)3-4-12-7-5-11-6-7/h7H,3-6H2,1-2H3,(H2,10,13). The Kier molecular flexibility index (Phi) is 3.64. The van der Waals surface area contributed by atoms with E-state index < -0.39 is 0 Å². The van der Waals surface area contributed by atoms with Crippen LogP contribution in [0.5, 0.6) is 0 Å². The average molecular weight is 203 g/mol. The van der Waals surface area contributed by atoms with Crippen LogP contribution in [0.4, 0.5) is 0 Å². The van der Waals surface area contributed by atoms with Crippen molar-refractivity contribution in [2.24, 2.45) is 11.1 Å². The summed E-state index contributed by atoms with van der Waals surface area (Å²) < 4.78 is 10.5. The van der Waals surface area contributed by atoms with Crippen molar-refractivity contribution in [1.82, 2.24) is 0 Å². The van der Waals surface area contributed by atoms with Crippen molar-refractivity contribution in [3.8, 4) is 0 Å². The highest BCUT2D eigenvalue weighted by Gasteiger charge is 2.23. The van der Waals surface area contributed by atoms with E-state index in [0.29, 0.717) is 17.7 Å². The van der Waals surface area contributed by atoms with Gasteiger partial charge < -0.3 is 15.2 Å². The lowest BCUT2D eigenvalue weighted by molar-refractivity contribution is -0.131. The number of hydrogen-bond donors (Lipinski definition) is 1. The van der Waals surface area contributed by atoms with Crippen LogP contribution in [0.1, 0.15) is 20.3 Å². The van der Waals surface area contributed by atoms with Crippen LogP contribution in [-0.2, 0) is 9.47 Å². The van der Waals surface area contributed by atoms with Crippen molar-refractivity contribution in [1.29, 1.82) is 0 Å². The van der Waals surface area contributed by atoms with E-state index in [9.17, 15) is 0 Å². The first-order chi connectivity index (χ1) is 6.02. The van der Waals surface area contributed by atoms with Crippen LogP contribution < -0.4 is 5.73 Å². The minimum atomic E-state index is -0.0973. The molecule has 1 aliphatic heterocycles. The van der Waals surface area contributed by atoms with Gasteiger partial charge in [-0.1, -0.05) is 26.1 Å². The van der Waals surface area contributed by atoms with E-state index in [-0.39, 0.29) is 5.41 Å². The molecule has 0 unspecified atom stereocenters. The summed E-state index contributed by atoms with van der Waals surface area (Å²) in [7, 11) is 0. The van der Waals surface area contributed by atoms with Gasteiger partial charge in [-0.05, 0) is 6.42 Å². The zero-order chi connectivity index (χ0) is 9.90. The first-order valence-corrected chi connectivity index (χ1v) is 4.92. The maximum Gasteiger partial charge on any atom is 0.104 e. The predicted molar refractivity (Wildman–Crippen MR) is 55.7 cm³/mol. The number of thiocarbonyl (C=S) groups is 1. The van der Waals surface area contributed by atoms with Crippen LogP contribution in [-0.4, -0.2) is 30.9 Å². The Balaban J connectivity index is 2.13. The molecule has 0 atom stereocenters. The fourth-order valence-electron chi connectivity index (χ4n) is 0.914. The minimum Gasteiger partial charge on any atom is -0.393 e. The molecule has 0 radical (unpaired) electrons. The molecule has 1 saturated heterocycles. The average Bonchev–Trinajstić information content (AvgIpc) is 1.94. The molecule has 0 aliphatic carbocycles. The van der Waals surface area contributed by atoms with Crippen LogP contribution in [0.2, 0.25) is 0 Å². The SMILES string of the molecule is CC(C)(CCOC1COC1)C(N)=S. The van der Waals surface area contributed by atoms with Gasteiger partial charge in [-0.2, -0.15) is 0 Å². The molecule has 4 heteroatoms. The maximum atomic E-state index is 5.58. The Morgan fingerprint density at radius 2 is 2.23 bits per heavy atom. The van der Waals surface area contributed by atoms with Gasteiger partial charge in [-0.25, -0.2) is 0 Å². The Morgan fingerprint density at radius 3 is 2.62 bits per heavy atom. The van der Waals surface area contributed by atoms with E-state index in [1.165, 1.54) is 0 Å². The van der Waals surface area contributed by atoms with Gasteiger partial charge in [0.05, 0.1) is 18.2 Å². The second-order valence-corrected chi connectivity index (χ2v) is 4.47. The third-order valence-corrected chi connectivity index (χ3v) is 2.91. The lowest BCUT2D eigenvalue weighted by Gasteiger charge is -2.28. The van der Waals surface area contributed by atoms with Gasteiger partial charge in [0.1, 0.15) is 6.10 Å². The highest BCUT2D eigenvalue weighted by Crippen LogP contribution is 2.21. The predicted octanol–water partition coefficient (Wildman–Crippen LogP) is 1.10. The summed E-state index contributed by atoms with van der Waals surface area (Å²) in [6.45, 7) is 6.24. The molecular formula is C9H17NO2S. The Hall–Kier alpha value is -0.190. The summed E-state index contributed by atoms with van der Waals surface area (Å²) in [4.78, 5) is 0.556. The van der Waals surface area contributed by atoms with Crippen LogP contribution in [0, 0.1) is 5.41 Å². The molecule has 0 saturated carbocycles. The molecule has 0 spiro atoms. The van der Waals surface area contributed by atoms with Crippen LogP contribution in [0.25, 0.3) is 0 Å². The highest BCUT2D eigenvalue weighted by atomic mass is 32.1. The van der Waals surface area contributed by atoms with Crippen molar-refractivity contribution < 1.29 is 9.47 Å². The Bertz CT molecular complexity index is 190. The summed E-state index contributed by atoms with van der Waals surface area (Å²) in [5, 5.41) is 0. The number of nitrogens with two attached hydrogens (primary N) is 1. The van der Waals surface area contributed by atoms with E-state index in [1.807, 2.05) is 13.8 Å². The molecule has 0 aromatic heterocycles. The van der Waals surface area contributed by atoms with Crippen LogP contribution in [0.3, 0.4) is 0 Å². The van der Waals surface area contributed by atoms with Crippen molar-refractivity contribution in [3.05, 3.63) is 0 Å². The second kappa shape index (κ2) is 4.35. The Labute approximate surface area is 84.6 Å². The molecule has 3 nitrogen and oxygen atoms in total. The quantitative estimate of drug-likeness (QED) is 0.680. The van der Waals surface area contributed by atoms with E-state index in [0.717, 1.165) is 19.6 Å². The topological polar surface area (TPSA) is 44.5 Å². The van der Waals surface area contributed by atoms with Gasteiger partial charge in [0.15, 0.2) is 0 Å². The first-order valence-electron chi connectivity index (χ1n) is 4.51. The summed E-state index contributed by atoms with van der Waals surface area (Å²) >= 11 is 4.95. The number of ether oxygens (including phenoxy) is 2. The summed E-state index contributed by atoms with van der Waals surface area (Å²) in [6.07, 6.45) is 1.17. The lowest BCUT2D eigenvalue weighted by atomic mass is 9.90. The number of rotatable bonds is 5. The van der Waals surface area contributed by atoms with Gasteiger partial charge in [0.2, 0.25) is 0 Å². The number of hydrogen-bond acceptors (Lipinski definition) is 3. The molecule has 13 heavy (non-hydrogen) atoms. The third kappa shape index (κ3) is 3.21. The largest absolute Gasteiger partial charge is 0.393 e. The summed E-state index contributed by atoms with van der Waals surface area (Å²) in [5.41, 5.74) is 5.49. The van der Waals surface area contributed by atoms with E-state index in [2.05, 4.69) is 0 Å². The zero-order valence-electron chi connectivity index (χ0n) is 8.21. The Morgan fingerprint density at radius 1 is 1.62 bits per heavy atom. The normalized spacial score (nSPS) is 18.3. The van der Waals surface area contributed by atoms with Crippen molar-refractivity contribution in [3.63, 3.8) is 0 Å². The molecule has 76 valence electrons. The monoisotopic (exact) mass is 203 g/mol. The maximum absolute atomic E-state index is 5.58. The summed E-state index contributed by atoms with van der Waals surface area (Å²) in [6, 6.07) is 0.